The van der Waals surface area contributed by atoms with Crippen LogP contribution in [0.2, 0.25) is 0 Å². The maximum Gasteiger partial charge on any atom is 0.0925 e. The fourth-order valence-electron chi connectivity index (χ4n) is 3.19. The second-order valence-corrected chi connectivity index (χ2v) is 6.11. The molecule has 0 saturated carbocycles. The van der Waals surface area contributed by atoms with Gasteiger partial charge >= 0.3 is 0 Å². The molecule has 100 valence electrons. The molecule has 1 saturated heterocycles. The number of likely N-dealkylation sites (tertiary alicyclic amines) is 1. The molecule has 1 aromatic heterocycles. The van der Waals surface area contributed by atoms with Crippen LogP contribution in [0.1, 0.15) is 31.7 Å². The maximum absolute atomic E-state index is 4.41. The first-order valence-corrected chi connectivity index (χ1v) is 7.19. The van der Waals surface area contributed by atoms with E-state index in [9.17, 15) is 0 Å². The summed E-state index contributed by atoms with van der Waals surface area (Å²) in [5.74, 6) is 1.72. The van der Waals surface area contributed by atoms with E-state index < -0.39 is 0 Å². The minimum atomic E-state index is 0.571. The van der Waals surface area contributed by atoms with Gasteiger partial charge in [0.15, 0.2) is 0 Å². The van der Waals surface area contributed by atoms with Gasteiger partial charge in [-0.15, -0.1) is 0 Å². The molecule has 3 heterocycles. The Morgan fingerprint density at radius 2 is 2.28 bits per heavy atom. The quantitative estimate of drug-likeness (QED) is 0.831. The summed E-state index contributed by atoms with van der Waals surface area (Å²) in [6, 6.07) is 0.571. The van der Waals surface area contributed by atoms with E-state index in [1.165, 1.54) is 37.4 Å². The van der Waals surface area contributed by atoms with Gasteiger partial charge in [0.1, 0.15) is 0 Å². The van der Waals surface area contributed by atoms with Crippen molar-refractivity contribution in [1.29, 1.82) is 0 Å². The molecule has 1 fully saturated rings. The lowest BCUT2D eigenvalue weighted by Crippen LogP contribution is -2.48. The second-order valence-electron chi connectivity index (χ2n) is 6.11. The van der Waals surface area contributed by atoms with Gasteiger partial charge < -0.3 is 15.2 Å². The molecule has 3 rings (SSSR count). The molecule has 0 radical (unpaired) electrons. The van der Waals surface area contributed by atoms with Crippen LogP contribution in [0.3, 0.4) is 0 Å². The monoisotopic (exact) mass is 248 g/mol. The van der Waals surface area contributed by atoms with Crippen LogP contribution in [0.15, 0.2) is 6.33 Å². The number of aromatic amines is 1. The van der Waals surface area contributed by atoms with E-state index in [1.54, 1.807) is 0 Å². The number of nitrogens with one attached hydrogen (secondary N) is 2. The Hall–Kier alpha value is -0.870. The third-order valence-electron chi connectivity index (χ3n) is 4.71. The lowest BCUT2D eigenvalue weighted by molar-refractivity contribution is 0.125. The van der Waals surface area contributed by atoms with E-state index in [0.717, 1.165) is 24.8 Å². The van der Waals surface area contributed by atoms with Crippen molar-refractivity contribution in [2.24, 2.45) is 11.8 Å². The molecular formula is C14H24N4. The molecule has 2 aliphatic rings. The first-order chi connectivity index (χ1) is 8.72. The third-order valence-corrected chi connectivity index (χ3v) is 4.71. The van der Waals surface area contributed by atoms with Crippen LogP contribution in [0, 0.1) is 11.8 Å². The van der Waals surface area contributed by atoms with E-state index in [2.05, 4.69) is 34.0 Å². The van der Waals surface area contributed by atoms with Gasteiger partial charge in [-0.2, -0.15) is 0 Å². The number of H-pyrrole nitrogens is 1. The molecule has 0 spiro atoms. The van der Waals surface area contributed by atoms with Crippen LogP contribution >= 0.6 is 0 Å². The summed E-state index contributed by atoms with van der Waals surface area (Å²) in [6.45, 7) is 9.40. The molecule has 0 bridgehead atoms. The summed E-state index contributed by atoms with van der Waals surface area (Å²) >= 11 is 0. The van der Waals surface area contributed by atoms with Crippen molar-refractivity contribution in [3.8, 4) is 0 Å². The van der Waals surface area contributed by atoms with Crippen molar-refractivity contribution in [2.75, 3.05) is 19.6 Å². The van der Waals surface area contributed by atoms with Crippen LogP contribution in [0.5, 0.6) is 0 Å². The molecule has 0 aromatic carbocycles. The topological polar surface area (TPSA) is 44.0 Å². The summed E-state index contributed by atoms with van der Waals surface area (Å²) < 4.78 is 0. The molecule has 18 heavy (non-hydrogen) atoms. The first-order valence-electron chi connectivity index (χ1n) is 7.19. The normalized spacial score (nSPS) is 33.3. The molecule has 4 heteroatoms. The summed E-state index contributed by atoms with van der Waals surface area (Å²) in [5, 5.41) is 3.62. The van der Waals surface area contributed by atoms with Gasteiger partial charge in [0.05, 0.1) is 17.7 Å². The van der Waals surface area contributed by atoms with Crippen molar-refractivity contribution >= 4 is 0 Å². The SMILES string of the molecule is CC1CCN(CC2Cc3nc[nH]c3CN2)CC1C. The molecule has 2 N–H and O–H groups in total. The van der Waals surface area contributed by atoms with Crippen molar-refractivity contribution < 1.29 is 0 Å². The summed E-state index contributed by atoms with van der Waals surface area (Å²) in [4.78, 5) is 10.2. The highest BCUT2D eigenvalue weighted by atomic mass is 15.2. The lowest BCUT2D eigenvalue weighted by atomic mass is 9.88. The largest absolute Gasteiger partial charge is 0.347 e. The highest BCUT2D eigenvalue weighted by molar-refractivity contribution is 5.16. The van der Waals surface area contributed by atoms with Crippen LogP contribution in [-0.4, -0.2) is 40.5 Å². The van der Waals surface area contributed by atoms with Gasteiger partial charge in [-0.25, -0.2) is 4.98 Å². The second kappa shape index (κ2) is 5.02. The van der Waals surface area contributed by atoms with Crippen molar-refractivity contribution in [3.05, 3.63) is 17.7 Å². The molecular weight excluding hydrogens is 224 g/mol. The van der Waals surface area contributed by atoms with E-state index in [1.807, 2.05) is 6.33 Å². The first kappa shape index (κ1) is 12.2. The Morgan fingerprint density at radius 1 is 1.39 bits per heavy atom. The third kappa shape index (κ3) is 2.45. The number of nitrogens with zero attached hydrogens (tertiary/aromatic N) is 2. The van der Waals surface area contributed by atoms with E-state index in [4.69, 9.17) is 0 Å². The van der Waals surface area contributed by atoms with Crippen LogP contribution in [-0.2, 0) is 13.0 Å². The van der Waals surface area contributed by atoms with E-state index >= 15 is 0 Å². The van der Waals surface area contributed by atoms with Gasteiger partial charge in [-0.05, 0) is 24.8 Å². The van der Waals surface area contributed by atoms with Gasteiger partial charge in [0, 0.05) is 32.1 Å². The fraction of sp³-hybridized carbons (Fsp3) is 0.786. The Kier molecular flexibility index (Phi) is 3.39. The van der Waals surface area contributed by atoms with Crippen molar-refractivity contribution in [1.82, 2.24) is 20.2 Å². The Bertz CT molecular complexity index is 400. The average molecular weight is 248 g/mol. The van der Waals surface area contributed by atoms with Crippen LogP contribution < -0.4 is 5.32 Å². The molecule has 3 atom stereocenters. The minimum absolute atomic E-state index is 0.571. The number of hydrogen-bond donors (Lipinski definition) is 2. The van der Waals surface area contributed by atoms with Crippen LogP contribution in [0.4, 0.5) is 0 Å². The van der Waals surface area contributed by atoms with Gasteiger partial charge in [0.2, 0.25) is 0 Å². The van der Waals surface area contributed by atoms with Crippen molar-refractivity contribution in [2.45, 2.75) is 39.3 Å². The Morgan fingerprint density at radius 3 is 3.11 bits per heavy atom. The lowest BCUT2D eigenvalue weighted by Gasteiger charge is -2.38. The Labute approximate surface area is 109 Å². The predicted octanol–water partition coefficient (Wildman–Crippen LogP) is 1.40. The van der Waals surface area contributed by atoms with Crippen LogP contribution in [0.25, 0.3) is 0 Å². The number of imidazole rings is 1. The standard InChI is InChI=1S/C14H24N4/c1-10-3-4-18(7-11(10)2)8-12-5-13-14(6-15-12)17-9-16-13/h9-12,15H,3-8H2,1-2H3,(H,16,17). The van der Waals surface area contributed by atoms with Crippen molar-refractivity contribution in [3.63, 3.8) is 0 Å². The number of rotatable bonds is 2. The van der Waals surface area contributed by atoms with Gasteiger partial charge in [0.25, 0.3) is 0 Å². The molecule has 2 aliphatic heterocycles. The molecule has 1 aromatic rings. The minimum Gasteiger partial charge on any atom is -0.347 e. The molecule has 4 nitrogen and oxygen atoms in total. The zero-order valence-corrected chi connectivity index (χ0v) is 11.4. The zero-order chi connectivity index (χ0) is 12.5. The van der Waals surface area contributed by atoms with E-state index in [-0.39, 0.29) is 0 Å². The highest BCUT2D eigenvalue weighted by Crippen LogP contribution is 2.23. The molecule has 0 aliphatic carbocycles. The van der Waals surface area contributed by atoms with Gasteiger partial charge in [-0.1, -0.05) is 13.8 Å². The smallest absolute Gasteiger partial charge is 0.0925 e. The average Bonchev–Trinajstić information content (AvgIpc) is 2.81. The zero-order valence-electron chi connectivity index (χ0n) is 11.4. The summed E-state index contributed by atoms with van der Waals surface area (Å²) in [5.41, 5.74) is 2.53. The summed E-state index contributed by atoms with van der Waals surface area (Å²) in [7, 11) is 0. The molecule has 0 amide bonds. The summed E-state index contributed by atoms with van der Waals surface area (Å²) in [6.07, 6.45) is 4.24. The number of aromatic nitrogens is 2. The number of fused-ring (bicyclic) bond motifs is 1. The fourth-order valence-corrected chi connectivity index (χ4v) is 3.19. The Balaban J connectivity index is 1.55. The highest BCUT2D eigenvalue weighted by Gasteiger charge is 2.26. The van der Waals surface area contributed by atoms with E-state index in [0.29, 0.717) is 6.04 Å². The van der Waals surface area contributed by atoms with Gasteiger partial charge in [-0.3, -0.25) is 0 Å². The number of hydrogen-bond acceptors (Lipinski definition) is 3. The maximum atomic E-state index is 4.41. The molecule has 3 unspecified atom stereocenters. The number of piperidine rings is 1. The predicted molar refractivity (Wildman–Crippen MR) is 72.3 cm³/mol.